The SMILES string of the molecule is CC(Cc1cccc(F)c1)c1c(O)cnc2c(-c3ccc(C(F)(F)F)cc3)cnn12. The number of hydrogen-bond donors (Lipinski definition) is 1. The highest BCUT2D eigenvalue weighted by atomic mass is 19.4. The summed E-state index contributed by atoms with van der Waals surface area (Å²) in [6.07, 6.45) is -1.16. The van der Waals surface area contributed by atoms with Gasteiger partial charge >= 0.3 is 6.18 Å². The van der Waals surface area contributed by atoms with Gasteiger partial charge in [0.05, 0.1) is 23.7 Å². The summed E-state index contributed by atoms with van der Waals surface area (Å²) in [5.41, 5.74) is 2.00. The van der Waals surface area contributed by atoms with Gasteiger partial charge in [-0.15, -0.1) is 0 Å². The Labute approximate surface area is 169 Å². The Balaban J connectivity index is 1.73. The van der Waals surface area contributed by atoms with Crippen LogP contribution in [0.1, 0.15) is 29.7 Å². The Kier molecular flexibility index (Phi) is 4.93. The molecule has 0 saturated carbocycles. The predicted octanol–water partition coefficient (Wildman–Crippen LogP) is 5.61. The van der Waals surface area contributed by atoms with E-state index < -0.39 is 11.7 Å². The molecular formula is C22H17F4N3O. The van der Waals surface area contributed by atoms with E-state index in [1.54, 1.807) is 12.1 Å². The third-order valence-electron chi connectivity index (χ3n) is 4.96. The number of nitrogens with zero attached hydrogens (tertiary/aromatic N) is 3. The third-order valence-corrected chi connectivity index (χ3v) is 4.96. The number of hydrogen-bond acceptors (Lipinski definition) is 3. The van der Waals surface area contributed by atoms with E-state index in [0.29, 0.717) is 28.9 Å². The predicted molar refractivity (Wildman–Crippen MR) is 104 cm³/mol. The van der Waals surface area contributed by atoms with Crippen LogP contribution in [0.15, 0.2) is 60.9 Å². The molecule has 1 atom stereocenters. The van der Waals surface area contributed by atoms with Crippen molar-refractivity contribution in [3.63, 3.8) is 0 Å². The van der Waals surface area contributed by atoms with Gasteiger partial charge in [-0.3, -0.25) is 0 Å². The fraction of sp³-hybridized carbons (Fsp3) is 0.182. The zero-order valence-electron chi connectivity index (χ0n) is 15.9. The van der Waals surface area contributed by atoms with Crippen LogP contribution >= 0.6 is 0 Å². The molecule has 4 nitrogen and oxygen atoms in total. The van der Waals surface area contributed by atoms with E-state index in [4.69, 9.17) is 0 Å². The van der Waals surface area contributed by atoms with Crippen molar-refractivity contribution >= 4 is 5.65 Å². The molecule has 0 aliphatic rings. The van der Waals surface area contributed by atoms with Gasteiger partial charge in [0.2, 0.25) is 0 Å². The highest BCUT2D eigenvalue weighted by Crippen LogP contribution is 2.34. The number of halogens is 4. The summed E-state index contributed by atoms with van der Waals surface area (Å²) < 4.78 is 53.5. The van der Waals surface area contributed by atoms with Gasteiger partial charge in [-0.2, -0.15) is 18.3 Å². The molecule has 4 aromatic rings. The van der Waals surface area contributed by atoms with E-state index in [2.05, 4.69) is 10.1 Å². The molecule has 1 N–H and O–H groups in total. The Hall–Kier alpha value is -3.42. The summed E-state index contributed by atoms with van der Waals surface area (Å²) in [6.45, 7) is 1.87. The molecule has 0 saturated heterocycles. The molecule has 0 spiro atoms. The Morgan fingerprint density at radius 2 is 1.80 bits per heavy atom. The van der Waals surface area contributed by atoms with E-state index in [1.807, 2.05) is 6.92 Å². The summed E-state index contributed by atoms with van der Waals surface area (Å²) in [6, 6.07) is 11.0. The lowest BCUT2D eigenvalue weighted by molar-refractivity contribution is -0.137. The monoisotopic (exact) mass is 415 g/mol. The van der Waals surface area contributed by atoms with Crippen LogP contribution < -0.4 is 0 Å². The first-order chi connectivity index (χ1) is 14.2. The number of rotatable bonds is 4. The van der Waals surface area contributed by atoms with Gasteiger partial charge in [-0.1, -0.05) is 31.2 Å². The topological polar surface area (TPSA) is 50.4 Å². The molecule has 0 aliphatic heterocycles. The van der Waals surface area contributed by atoms with Crippen molar-refractivity contribution < 1.29 is 22.7 Å². The summed E-state index contributed by atoms with van der Waals surface area (Å²) in [5.74, 6) is -0.626. The van der Waals surface area contributed by atoms with Gasteiger partial charge < -0.3 is 5.11 Å². The second-order valence-corrected chi connectivity index (χ2v) is 7.13. The van der Waals surface area contributed by atoms with Crippen LogP contribution in [0.25, 0.3) is 16.8 Å². The molecule has 0 amide bonds. The molecule has 30 heavy (non-hydrogen) atoms. The van der Waals surface area contributed by atoms with Crippen LogP contribution in [0.5, 0.6) is 5.75 Å². The lowest BCUT2D eigenvalue weighted by atomic mass is 9.97. The summed E-state index contributed by atoms with van der Waals surface area (Å²) >= 11 is 0. The van der Waals surface area contributed by atoms with Gasteiger partial charge in [0.25, 0.3) is 0 Å². The van der Waals surface area contributed by atoms with E-state index in [-0.39, 0.29) is 17.5 Å². The average Bonchev–Trinajstić information content (AvgIpc) is 3.11. The second kappa shape index (κ2) is 7.44. The summed E-state index contributed by atoms with van der Waals surface area (Å²) in [7, 11) is 0. The highest BCUT2D eigenvalue weighted by Gasteiger charge is 2.30. The van der Waals surface area contributed by atoms with Crippen LogP contribution in [0.3, 0.4) is 0 Å². The van der Waals surface area contributed by atoms with Crippen molar-refractivity contribution in [3.8, 4) is 16.9 Å². The molecule has 8 heteroatoms. The first-order valence-corrected chi connectivity index (χ1v) is 9.21. The maximum Gasteiger partial charge on any atom is 0.416 e. The number of alkyl halides is 3. The molecule has 2 aromatic carbocycles. The third kappa shape index (κ3) is 3.72. The minimum atomic E-state index is -4.41. The van der Waals surface area contributed by atoms with Crippen molar-refractivity contribution in [1.82, 2.24) is 14.6 Å². The molecule has 2 aromatic heterocycles. The van der Waals surface area contributed by atoms with Crippen LogP contribution in [0.4, 0.5) is 17.6 Å². The van der Waals surface area contributed by atoms with Crippen molar-refractivity contribution in [2.24, 2.45) is 0 Å². The first-order valence-electron chi connectivity index (χ1n) is 9.21. The van der Waals surface area contributed by atoms with Crippen LogP contribution in [0.2, 0.25) is 0 Å². The minimum absolute atomic E-state index is 0.0616. The van der Waals surface area contributed by atoms with Gasteiger partial charge in [-0.05, 0) is 41.8 Å². The van der Waals surface area contributed by atoms with Crippen molar-refractivity contribution in [2.75, 3.05) is 0 Å². The van der Waals surface area contributed by atoms with Crippen molar-refractivity contribution in [1.29, 1.82) is 0 Å². The zero-order chi connectivity index (χ0) is 21.5. The number of benzene rings is 2. The number of aromatic hydroxyl groups is 1. The molecule has 154 valence electrons. The fourth-order valence-corrected chi connectivity index (χ4v) is 3.56. The maximum atomic E-state index is 13.5. The number of aromatic nitrogens is 3. The maximum absolute atomic E-state index is 13.5. The Morgan fingerprint density at radius 1 is 1.07 bits per heavy atom. The highest BCUT2D eigenvalue weighted by molar-refractivity contribution is 5.77. The molecule has 0 fully saturated rings. The van der Waals surface area contributed by atoms with Crippen LogP contribution in [0, 0.1) is 5.82 Å². The Morgan fingerprint density at radius 3 is 2.47 bits per heavy atom. The van der Waals surface area contributed by atoms with Crippen molar-refractivity contribution in [2.45, 2.75) is 25.4 Å². The van der Waals surface area contributed by atoms with Gasteiger partial charge in [0.1, 0.15) is 5.82 Å². The Bertz CT molecular complexity index is 1200. The molecule has 2 heterocycles. The lowest BCUT2D eigenvalue weighted by Gasteiger charge is -2.15. The first kappa shape index (κ1) is 19.9. The molecule has 0 radical (unpaired) electrons. The largest absolute Gasteiger partial charge is 0.504 e. The standard InChI is InChI=1S/C22H17F4N3O/c1-13(9-14-3-2-4-17(23)10-14)20-19(30)12-27-21-18(11-28-29(20)21)15-5-7-16(8-6-15)22(24,25)26/h2-8,10-13,30H,9H2,1H3. The molecule has 0 aliphatic carbocycles. The molecule has 0 bridgehead atoms. The minimum Gasteiger partial charge on any atom is -0.504 e. The smallest absolute Gasteiger partial charge is 0.416 e. The average molecular weight is 415 g/mol. The van der Waals surface area contributed by atoms with Gasteiger partial charge in [-0.25, -0.2) is 13.9 Å². The fourth-order valence-electron chi connectivity index (χ4n) is 3.56. The molecular weight excluding hydrogens is 398 g/mol. The quantitative estimate of drug-likeness (QED) is 0.441. The van der Waals surface area contributed by atoms with E-state index in [9.17, 15) is 22.7 Å². The lowest BCUT2D eigenvalue weighted by Crippen LogP contribution is -2.08. The van der Waals surface area contributed by atoms with Crippen LogP contribution in [-0.4, -0.2) is 19.7 Å². The summed E-state index contributed by atoms with van der Waals surface area (Å²) in [4.78, 5) is 4.22. The normalized spacial score (nSPS) is 13.0. The van der Waals surface area contributed by atoms with E-state index in [0.717, 1.165) is 17.7 Å². The zero-order valence-corrected chi connectivity index (χ0v) is 15.9. The van der Waals surface area contributed by atoms with Gasteiger partial charge in [0, 0.05) is 11.5 Å². The second-order valence-electron chi connectivity index (χ2n) is 7.13. The van der Waals surface area contributed by atoms with E-state index in [1.165, 1.54) is 41.2 Å². The molecule has 1 unspecified atom stereocenters. The van der Waals surface area contributed by atoms with Crippen molar-refractivity contribution in [3.05, 3.63) is 83.6 Å². The molecule has 4 rings (SSSR count). The van der Waals surface area contributed by atoms with E-state index >= 15 is 0 Å². The number of fused-ring (bicyclic) bond motifs is 1. The van der Waals surface area contributed by atoms with Gasteiger partial charge in [0.15, 0.2) is 11.4 Å². The van der Waals surface area contributed by atoms with Crippen LogP contribution in [-0.2, 0) is 12.6 Å². The summed E-state index contributed by atoms with van der Waals surface area (Å²) in [5, 5.41) is 14.7.